The Morgan fingerprint density at radius 3 is 2.62 bits per heavy atom. The van der Waals surface area contributed by atoms with Crippen molar-refractivity contribution in [2.75, 3.05) is 24.6 Å². The van der Waals surface area contributed by atoms with Crippen LogP contribution in [0.4, 0.5) is 5.95 Å². The van der Waals surface area contributed by atoms with Crippen LogP contribution < -0.4 is 15.0 Å². The Morgan fingerprint density at radius 2 is 1.92 bits per heavy atom. The van der Waals surface area contributed by atoms with Gasteiger partial charge in [0.2, 0.25) is 11.8 Å². The number of amides is 1. The number of rotatable bonds is 7. The van der Waals surface area contributed by atoms with Crippen molar-refractivity contribution in [2.45, 2.75) is 39.7 Å². The number of hydrogen-bond donors (Lipinski definition) is 1. The maximum atomic E-state index is 12.1. The first-order valence-electron chi connectivity index (χ1n) is 9.22. The summed E-state index contributed by atoms with van der Waals surface area (Å²) in [5.41, 5.74) is 3.19. The van der Waals surface area contributed by atoms with E-state index in [0.29, 0.717) is 18.4 Å². The highest BCUT2D eigenvalue weighted by atomic mass is 16.5. The second-order valence-electron chi connectivity index (χ2n) is 6.60. The Morgan fingerprint density at radius 1 is 1.19 bits per heavy atom. The Balaban J connectivity index is 1.55. The van der Waals surface area contributed by atoms with E-state index >= 15 is 0 Å². The summed E-state index contributed by atoms with van der Waals surface area (Å²) in [6.07, 6.45) is 3.13. The number of benzene rings is 1. The highest BCUT2D eigenvalue weighted by Crippen LogP contribution is 2.20. The van der Waals surface area contributed by atoms with Crippen LogP contribution in [0, 0.1) is 6.92 Å². The Bertz CT molecular complexity index is 740. The molecule has 1 saturated heterocycles. The molecule has 0 saturated carbocycles. The van der Waals surface area contributed by atoms with Crippen LogP contribution in [-0.4, -0.2) is 35.6 Å². The summed E-state index contributed by atoms with van der Waals surface area (Å²) in [4.78, 5) is 23.3. The topological polar surface area (TPSA) is 67.3 Å². The van der Waals surface area contributed by atoms with Crippen LogP contribution in [0.25, 0.3) is 0 Å². The largest absolute Gasteiger partial charge is 0.467 e. The van der Waals surface area contributed by atoms with Gasteiger partial charge < -0.3 is 15.0 Å². The Labute approximate surface area is 154 Å². The normalized spacial score (nSPS) is 13.7. The first-order chi connectivity index (χ1) is 12.6. The molecular weight excluding hydrogens is 328 g/mol. The van der Waals surface area contributed by atoms with Crippen molar-refractivity contribution < 1.29 is 9.53 Å². The fraction of sp³-hybridized carbons (Fsp3) is 0.450. The van der Waals surface area contributed by atoms with Crippen LogP contribution in [0.2, 0.25) is 0 Å². The molecule has 1 fully saturated rings. The third-order valence-corrected chi connectivity index (χ3v) is 4.46. The van der Waals surface area contributed by atoms with Crippen LogP contribution in [0.1, 0.15) is 36.6 Å². The van der Waals surface area contributed by atoms with Gasteiger partial charge in [-0.1, -0.05) is 36.8 Å². The minimum atomic E-state index is -0.162. The second-order valence-corrected chi connectivity index (χ2v) is 6.60. The number of aromatic nitrogens is 2. The molecule has 0 bridgehead atoms. The molecule has 1 N–H and O–H groups in total. The lowest BCUT2D eigenvalue weighted by Crippen LogP contribution is -2.28. The van der Waals surface area contributed by atoms with E-state index in [9.17, 15) is 4.79 Å². The number of carbonyl (C=O) groups excluding carboxylic acids is 1. The quantitative estimate of drug-likeness (QED) is 0.828. The summed E-state index contributed by atoms with van der Waals surface area (Å²) in [5, 5.41) is 2.87. The molecule has 0 spiro atoms. The zero-order chi connectivity index (χ0) is 18.4. The highest BCUT2D eigenvalue weighted by Gasteiger charge is 2.17. The smallest absolute Gasteiger partial charge is 0.258 e. The van der Waals surface area contributed by atoms with Crippen LogP contribution in [0.3, 0.4) is 0 Å². The molecule has 2 heterocycles. The lowest BCUT2D eigenvalue weighted by atomic mass is 10.1. The zero-order valence-electron chi connectivity index (χ0n) is 15.5. The monoisotopic (exact) mass is 354 g/mol. The highest BCUT2D eigenvalue weighted by molar-refractivity contribution is 5.77. The van der Waals surface area contributed by atoms with Gasteiger partial charge in [-0.15, -0.1) is 0 Å². The predicted molar refractivity (Wildman–Crippen MR) is 101 cm³/mol. The number of nitrogens with one attached hydrogen (secondary N) is 1. The summed E-state index contributed by atoms with van der Waals surface area (Å²) in [5.74, 6) is 1.01. The summed E-state index contributed by atoms with van der Waals surface area (Å²) >= 11 is 0. The van der Waals surface area contributed by atoms with Gasteiger partial charge in [0.05, 0.1) is 0 Å². The molecule has 1 aliphatic rings. The van der Waals surface area contributed by atoms with Crippen molar-refractivity contribution >= 4 is 11.9 Å². The molecule has 0 atom stereocenters. The van der Waals surface area contributed by atoms with Gasteiger partial charge in [0.1, 0.15) is 0 Å². The van der Waals surface area contributed by atoms with Crippen molar-refractivity contribution in [2.24, 2.45) is 0 Å². The molecule has 6 heteroatoms. The molecule has 1 aromatic heterocycles. The van der Waals surface area contributed by atoms with E-state index in [2.05, 4.69) is 20.2 Å². The average Bonchev–Trinajstić information content (AvgIpc) is 3.20. The second kappa shape index (κ2) is 8.65. The maximum absolute atomic E-state index is 12.1. The summed E-state index contributed by atoms with van der Waals surface area (Å²) < 4.78 is 5.63. The van der Waals surface area contributed by atoms with E-state index in [0.717, 1.165) is 43.6 Å². The van der Waals surface area contributed by atoms with Gasteiger partial charge in [-0.25, -0.2) is 4.98 Å². The van der Waals surface area contributed by atoms with Crippen LogP contribution >= 0.6 is 0 Å². The molecule has 2 aromatic rings. The van der Waals surface area contributed by atoms with Gasteiger partial charge in [-0.2, -0.15) is 4.98 Å². The molecule has 1 aromatic carbocycles. The van der Waals surface area contributed by atoms with Crippen LogP contribution in [0.5, 0.6) is 5.88 Å². The molecule has 6 nitrogen and oxygen atoms in total. The number of ether oxygens (including phenoxy) is 1. The summed E-state index contributed by atoms with van der Waals surface area (Å²) in [6.45, 7) is 6.48. The first-order valence-corrected chi connectivity index (χ1v) is 9.22. The van der Waals surface area contributed by atoms with E-state index in [-0.39, 0.29) is 12.5 Å². The van der Waals surface area contributed by atoms with Crippen molar-refractivity contribution in [3.8, 4) is 5.88 Å². The molecule has 138 valence electrons. The van der Waals surface area contributed by atoms with Crippen LogP contribution in [-0.2, 0) is 17.8 Å². The number of anilines is 1. The van der Waals surface area contributed by atoms with Crippen molar-refractivity contribution in [3.63, 3.8) is 0 Å². The minimum Gasteiger partial charge on any atom is -0.467 e. The fourth-order valence-electron chi connectivity index (χ4n) is 2.87. The minimum absolute atomic E-state index is 0.0501. The van der Waals surface area contributed by atoms with Crippen LogP contribution in [0.15, 0.2) is 30.3 Å². The third kappa shape index (κ3) is 4.94. The van der Waals surface area contributed by atoms with E-state index in [1.165, 1.54) is 5.56 Å². The molecule has 3 rings (SSSR count). The van der Waals surface area contributed by atoms with Crippen molar-refractivity contribution in [1.82, 2.24) is 15.3 Å². The molecule has 0 unspecified atom stereocenters. The van der Waals surface area contributed by atoms with Gasteiger partial charge in [-0.3, -0.25) is 4.79 Å². The van der Waals surface area contributed by atoms with E-state index in [1.807, 2.05) is 44.2 Å². The predicted octanol–water partition coefficient (Wildman–Crippen LogP) is 2.64. The Hall–Kier alpha value is -2.63. The summed E-state index contributed by atoms with van der Waals surface area (Å²) in [6, 6.07) is 9.90. The van der Waals surface area contributed by atoms with Gasteiger partial charge in [-0.05, 0) is 31.7 Å². The SMILES string of the molecule is CCc1cc(OCC(=O)NCc2ccc(C)cc2)nc(N2CCCC2)n1. The van der Waals surface area contributed by atoms with E-state index in [1.54, 1.807) is 0 Å². The van der Waals surface area contributed by atoms with Crippen molar-refractivity contribution in [1.29, 1.82) is 0 Å². The average molecular weight is 354 g/mol. The van der Waals surface area contributed by atoms with Gasteiger partial charge in [0.15, 0.2) is 6.61 Å². The standard InChI is InChI=1S/C20H26N4O2/c1-3-17-12-19(23-20(22-17)24-10-4-5-11-24)26-14-18(25)21-13-16-8-6-15(2)7-9-16/h6-9,12H,3-5,10-11,13-14H2,1-2H3,(H,21,25). The number of hydrogen-bond acceptors (Lipinski definition) is 5. The Kier molecular flexibility index (Phi) is 6.04. The lowest BCUT2D eigenvalue weighted by molar-refractivity contribution is -0.123. The zero-order valence-corrected chi connectivity index (χ0v) is 15.5. The molecule has 0 aliphatic carbocycles. The molecule has 1 amide bonds. The molecule has 0 radical (unpaired) electrons. The molecule has 1 aliphatic heterocycles. The van der Waals surface area contributed by atoms with E-state index < -0.39 is 0 Å². The van der Waals surface area contributed by atoms with E-state index in [4.69, 9.17) is 4.74 Å². The maximum Gasteiger partial charge on any atom is 0.258 e. The first kappa shape index (κ1) is 18.2. The number of nitrogens with zero attached hydrogens (tertiary/aromatic N) is 3. The number of carbonyl (C=O) groups is 1. The molecular formula is C20H26N4O2. The van der Waals surface area contributed by atoms with Gasteiger partial charge in [0.25, 0.3) is 5.91 Å². The van der Waals surface area contributed by atoms with Gasteiger partial charge >= 0.3 is 0 Å². The summed E-state index contributed by atoms with van der Waals surface area (Å²) in [7, 11) is 0. The lowest BCUT2D eigenvalue weighted by Gasteiger charge is -2.17. The van der Waals surface area contributed by atoms with Gasteiger partial charge in [0, 0.05) is 31.4 Å². The fourth-order valence-corrected chi connectivity index (χ4v) is 2.87. The molecule has 26 heavy (non-hydrogen) atoms. The third-order valence-electron chi connectivity index (χ3n) is 4.46. The van der Waals surface area contributed by atoms with Crippen molar-refractivity contribution in [3.05, 3.63) is 47.2 Å². The number of aryl methyl sites for hydroxylation is 2.